The van der Waals surface area contributed by atoms with E-state index < -0.39 is 42.7 Å². The van der Waals surface area contributed by atoms with Gasteiger partial charge in [0, 0.05) is 6.42 Å². The molecule has 7 atom stereocenters. The Balaban J connectivity index is 1.38. The highest BCUT2D eigenvalue weighted by molar-refractivity contribution is 5.15. The van der Waals surface area contributed by atoms with E-state index in [9.17, 15) is 10.2 Å². The van der Waals surface area contributed by atoms with Crippen LogP contribution in [0.1, 0.15) is 23.1 Å². The zero-order valence-corrected chi connectivity index (χ0v) is 21.4. The molecule has 0 radical (unpaired) electrons. The lowest BCUT2D eigenvalue weighted by molar-refractivity contribution is -0.269. The molecule has 2 saturated heterocycles. The van der Waals surface area contributed by atoms with E-state index in [0.29, 0.717) is 19.8 Å². The fourth-order valence-electron chi connectivity index (χ4n) is 5.02. The molecule has 0 amide bonds. The molecule has 2 N–H and O–H groups in total. The topological polar surface area (TPSA) is 86.6 Å². The van der Waals surface area contributed by atoms with Crippen LogP contribution in [-0.4, -0.2) is 66.2 Å². The summed E-state index contributed by atoms with van der Waals surface area (Å²) in [6.45, 7) is 1.45. The maximum absolute atomic E-state index is 10.5. The Morgan fingerprint density at radius 1 is 0.658 bits per heavy atom. The van der Waals surface area contributed by atoms with E-state index in [2.05, 4.69) is 0 Å². The summed E-state index contributed by atoms with van der Waals surface area (Å²) in [6, 6.07) is 29.9. The molecule has 2 heterocycles. The number of aliphatic hydroxyl groups is 2. The van der Waals surface area contributed by atoms with Gasteiger partial charge in [-0.05, 0) is 16.7 Å². The van der Waals surface area contributed by atoms with E-state index >= 15 is 0 Å². The summed E-state index contributed by atoms with van der Waals surface area (Å²) in [5, 5.41) is 20.8. The van der Waals surface area contributed by atoms with Gasteiger partial charge in [0.2, 0.25) is 0 Å². The van der Waals surface area contributed by atoms with Crippen LogP contribution in [0.3, 0.4) is 0 Å². The largest absolute Gasteiger partial charge is 0.390 e. The van der Waals surface area contributed by atoms with E-state index in [4.69, 9.17) is 23.7 Å². The van der Waals surface area contributed by atoms with Crippen LogP contribution in [0, 0.1) is 0 Å². The van der Waals surface area contributed by atoms with Gasteiger partial charge in [0.05, 0.1) is 45.2 Å². The Kier molecular flexibility index (Phi) is 9.54. The van der Waals surface area contributed by atoms with Crippen molar-refractivity contribution in [2.24, 2.45) is 0 Å². The molecule has 2 fully saturated rings. The summed E-state index contributed by atoms with van der Waals surface area (Å²) < 4.78 is 31.7. The van der Waals surface area contributed by atoms with E-state index in [1.807, 2.05) is 91.0 Å². The number of aliphatic hydroxyl groups excluding tert-OH is 2. The number of hydrogen-bond donors (Lipinski definition) is 2. The molecular weight excluding hydrogens is 484 g/mol. The molecule has 0 bridgehead atoms. The van der Waals surface area contributed by atoms with Crippen molar-refractivity contribution in [3.05, 3.63) is 108 Å². The first-order valence-electron chi connectivity index (χ1n) is 13.2. The molecule has 0 spiro atoms. The minimum absolute atomic E-state index is 0.00251. The Bertz CT molecular complexity index is 1080. The predicted octanol–water partition coefficient (Wildman–Crippen LogP) is 3.65. The average molecular weight is 521 g/mol. The first kappa shape index (κ1) is 27.0. The smallest absolute Gasteiger partial charge is 0.115 e. The maximum atomic E-state index is 10.5. The van der Waals surface area contributed by atoms with E-state index in [1.54, 1.807) is 0 Å². The van der Waals surface area contributed by atoms with Gasteiger partial charge in [-0.25, -0.2) is 0 Å². The van der Waals surface area contributed by atoms with Crippen molar-refractivity contribution in [3.8, 4) is 0 Å². The van der Waals surface area contributed by atoms with Crippen LogP contribution in [0.5, 0.6) is 0 Å². The fourth-order valence-corrected chi connectivity index (χ4v) is 5.02. The quantitative estimate of drug-likeness (QED) is 0.422. The van der Waals surface area contributed by atoms with Gasteiger partial charge in [0.15, 0.2) is 0 Å². The number of hydrogen-bond acceptors (Lipinski definition) is 7. The summed E-state index contributed by atoms with van der Waals surface area (Å²) in [5.74, 6) is 0. The van der Waals surface area contributed by atoms with E-state index in [-0.39, 0.29) is 19.6 Å². The molecule has 3 aromatic rings. The number of benzene rings is 3. The predicted molar refractivity (Wildman–Crippen MR) is 141 cm³/mol. The van der Waals surface area contributed by atoms with Gasteiger partial charge < -0.3 is 33.9 Å². The van der Waals surface area contributed by atoms with Gasteiger partial charge in [-0.15, -0.1) is 0 Å². The normalized spacial score (nSPS) is 29.4. The summed E-state index contributed by atoms with van der Waals surface area (Å²) in [5.41, 5.74) is 3.13. The first-order chi connectivity index (χ1) is 18.7. The van der Waals surface area contributed by atoms with Crippen molar-refractivity contribution in [2.45, 2.75) is 69.0 Å². The third kappa shape index (κ3) is 7.07. The SMILES string of the molecule is O[C@H]1CO[C@@H]2[C@@H](OCc3ccccc3)[C@H](OCc3ccccc3)[C@@H](COCc3ccccc3)O[C@H]2C[C@@H]1O. The van der Waals surface area contributed by atoms with Crippen LogP contribution >= 0.6 is 0 Å². The lowest BCUT2D eigenvalue weighted by atomic mass is 9.91. The van der Waals surface area contributed by atoms with Crippen LogP contribution in [0.15, 0.2) is 91.0 Å². The van der Waals surface area contributed by atoms with Crippen molar-refractivity contribution in [2.75, 3.05) is 13.2 Å². The Morgan fingerprint density at radius 2 is 1.18 bits per heavy atom. The Hall–Kier alpha value is -2.62. The molecule has 3 aromatic carbocycles. The van der Waals surface area contributed by atoms with Gasteiger partial charge in [-0.1, -0.05) is 91.0 Å². The van der Waals surface area contributed by atoms with Crippen LogP contribution in [0.2, 0.25) is 0 Å². The Labute approximate surface area is 223 Å². The Morgan fingerprint density at radius 3 is 1.76 bits per heavy atom. The molecule has 7 heteroatoms. The van der Waals surface area contributed by atoms with Crippen molar-refractivity contribution in [3.63, 3.8) is 0 Å². The number of fused-ring (bicyclic) bond motifs is 1. The van der Waals surface area contributed by atoms with Gasteiger partial charge in [-0.2, -0.15) is 0 Å². The summed E-state index contributed by atoms with van der Waals surface area (Å²) in [7, 11) is 0. The van der Waals surface area contributed by atoms with Crippen LogP contribution in [0.4, 0.5) is 0 Å². The second-order valence-corrected chi connectivity index (χ2v) is 9.90. The van der Waals surface area contributed by atoms with Crippen molar-refractivity contribution < 1.29 is 33.9 Å². The van der Waals surface area contributed by atoms with Gasteiger partial charge in [-0.3, -0.25) is 0 Å². The zero-order chi connectivity index (χ0) is 26.2. The minimum Gasteiger partial charge on any atom is -0.390 e. The van der Waals surface area contributed by atoms with E-state index in [0.717, 1.165) is 16.7 Å². The van der Waals surface area contributed by atoms with Crippen molar-refractivity contribution in [1.29, 1.82) is 0 Å². The van der Waals surface area contributed by atoms with Crippen LogP contribution in [0.25, 0.3) is 0 Å². The molecule has 202 valence electrons. The third-order valence-electron chi connectivity index (χ3n) is 7.07. The minimum atomic E-state index is -0.990. The molecule has 38 heavy (non-hydrogen) atoms. The molecule has 0 aromatic heterocycles. The van der Waals surface area contributed by atoms with Crippen LogP contribution in [-0.2, 0) is 43.5 Å². The molecule has 2 aliphatic rings. The lowest BCUT2D eigenvalue weighted by Crippen LogP contribution is -2.61. The molecule has 0 saturated carbocycles. The lowest BCUT2D eigenvalue weighted by Gasteiger charge is -2.45. The summed E-state index contributed by atoms with van der Waals surface area (Å²) in [4.78, 5) is 0. The average Bonchev–Trinajstić information content (AvgIpc) is 3.10. The van der Waals surface area contributed by atoms with Gasteiger partial charge >= 0.3 is 0 Å². The first-order valence-corrected chi connectivity index (χ1v) is 13.2. The monoisotopic (exact) mass is 520 g/mol. The molecule has 0 unspecified atom stereocenters. The second-order valence-electron chi connectivity index (χ2n) is 9.90. The highest BCUT2D eigenvalue weighted by atomic mass is 16.6. The standard InChI is InChI=1S/C31H36O7/c32-25-16-27-29(37-20-26(25)33)31(36-19-24-14-8-3-9-15-24)30(35-18-23-12-6-2-7-13-23)28(38-27)21-34-17-22-10-4-1-5-11-22/h1-15,25-33H,16-21H2/t25-,26-,27-,28+,29-,30+,31+/m0/s1. The molecule has 7 nitrogen and oxygen atoms in total. The second kappa shape index (κ2) is 13.4. The van der Waals surface area contributed by atoms with Crippen LogP contribution < -0.4 is 0 Å². The maximum Gasteiger partial charge on any atom is 0.115 e. The summed E-state index contributed by atoms with van der Waals surface area (Å²) in [6.07, 6.45) is -4.17. The zero-order valence-electron chi connectivity index (χ0n) is 21.4. The van der Waals surface area contributed by atoms with Crippen molar-refractivity contribution >= 4 is 0 Å². The van der Waals surface area contributed by atoms with Gasteiger partial charge in [0.1, 0.15) is 30.5 Å². The molecular formula is C31H36O7. The molecule has 2 aliphatic heterocycles. The number of rotatable bonds is 10. The fraction of sp³-hybridized carbons (Fsp3) is 0.419. The summed E-state index contributed by atoms with van der Waals surface area (Å²) >= 11 is 0. The van der Waals surface area contributed by atoms with E-state index in [1.165, 1.54) is 0 Å². The van der Waals surface area contributed by atoms with Gasteiger partial charge in [0.25, 0.3) is 0 Å². The van der Waals surface area contributed by atoms with Crippen molar-refractivity contribution in [1.82, 2.24) is 0 Å². The third-order valence-corrected chi connectivity index (χ3v) is 7.07. The molecule has 5 rings (SSSR count). The molecule has 0 aliphatic carbocycles. The highest BCUT2D eigenvalue weighted by Gasteiger charge is 2.50. The highest BCUT2D eigenvalue weighted by Crippen LogP contribution is 2.34. The number of ether oxygens (including phenoxy) is 5.